The molecule has 0 spiro atoms. The summed E-state index contributed by atoms with van der Waals surface area (Å²) >= 11 is 0. The molecule has 1 atom stereocenters. The van der Waals surface area contributed by atoms with Crippen LogP contribution in [-0.2, 0) is 10.0 Å². The molecule has 1 amide bonds. The maximum Gasteiger partial charge on any atom is 0.264 e. The van der Waals surface area contributed by atoms with Crippen molar-refractivity contribution in [3.63, 3.8) is 0 Å². The molecule has 0 radical (unpaired) electrons. The average molecular weight is 372 g/mol. The molecule has 5 nitrogen and oxygen atoms in total. The summed E-state index contributed by atoms with van der Waals surface area (Å²) in [6.45, 7) is 3.93. The third-order valence-corrected chi connectivity index (χ3v) is 6.62. The van der Waals surface area contributed by atoms with Crippen molar-refractivity contribution in [2.24, 2.45) is 5.92 Å². The van der Waals surface area contributed by atoms with E-state index in [9.17, 15) is 13.2 Å². The summed E-state index contributed by atoms with van der Waals surface area (Å²) in [6, 6.07) is 13.6. The molecule has 138 valence electrons. The number of carbonyl (C=O) groups excluding carboxylic acids is 1. The molecule has 1 aliphatic carbocycles. The second kappa shape index (κ2) is 7.11. The molecule has 1 N–H and O–H groups in total. The van der Waals surface area contributed by atoms with E-state index in [0.29, 0.717) is 17.2 Å². The third kappa shape index (κ3) is 3.90. The van der Waals surface area contributed by atoms with Gasteiger partial charge in [0.1, 0.15) is 0 Å². The first-order valence-corrected chi connectivity index (χ1v) is 10.2. The number of hydrogen-bond donors (Lipinski definition) is 1. The second-order valence-corrected chi connectivity index (χ2v) is 8.90. The number of carbonyl (C=O) groups is 1. The highest BCUT2D eigenvalue weighted by Gasteiger charge is 2.29. The number of amides is 1. The Morgan fingerprint density at radius 1 is 1.15 bits per heavy atom. The van der Waals surface area contributed by atoms with Crippen molar-refractivity contribution in [1.82, 2.24) is 5.32 Å². The normalized spacial score (nSPS) is 15.3. The van der Waals surface area contributed by atoms with Crippen LogP contribution in [0.3, 0.4) is 0 Å². The topological polar surface area (TPSA) is 66.5 Å². The smallest absolute Gasteiger partial charge is 0.264 e. The fourth-order valence-corrected chi connectivity index (χ4v) is 4.10. The maximum absolute atomic E-state index is 12.9. The van der Waals surface area contributed by atoms with Gasteiger partial charge < -0.3 is 5.32 Å². The zero-order chi connectivity index (χ0) is 18.9. The van der Waals surface area contributed by atoms with Crippen molar-refractivity contribution in [3.8, 4) is 0 Å². The van der Waals surface area contributed by atoms with Gasteiger partial charge in [0.25, 0.3) is 15.9 Å². The standard InChI is InChI=1S/C20H24N2O3S/c1-14-7-11-18(12-8-14)22(3)26(24,25)19-6-4-5-17(13-19)20(23)21-15(2)16-9-10-16/h4-8,11-13,15-16H,9-10H2,1-3H3,(H,21,23)/t15-/m0/s1. The first-order valence-electron chi connectivity index (χ1n) is 8.75. The van der Waals surface area contributed by atoms with E-state index in [2.05, 4.69) is 5.32 Å². The van der Waals surface area contributed by atoms with Crippen LogP contribution >= 0.6 is 0 Å². The highest BCUT2D eigenvalue weighted by atomic mass is 32.2. The van der Waals surface area contributed by atoms with Gasteiger partial charge in [0.2, 0.25) is 0 Å². The van der Waals surface area contributed by atoms with E-state index >= 15 is 0 Å². The van der Waals surface area contributed by atoms with Crippen LogP contribution in [0.15, 0.2) is 53.4 Å². The Hall–Kier alpha value is -2.34. The van der Waals surface area contributed by atoms with E-state index in [1.54, 1.807) is 24.3 Å². The molecule has 0 saturated heterocycles. The van der Waals surface area contributed by atoms with Crippen LogP contribution in [0.2, 0.25) is 0 Å². The Kier molecular flexibility index (Phi) is 5.05. The van der Waals surface area contributed by atoms with Gasteiger partial charge in [0.15, 0.2) is 0 Å². The molecule has 0 aromatic heterocycles. The lowest BCUT2D eigenvalue weighted by atomic mass is 10.1. The third-order valence-electron chi connectivity index (χ3n) is 4.84. The minimum atomic E-state index is -3.74. The van der Waals surface area contributed by atoms with Crippen LogP contribution in [0.25, 0.3) is 0 Å². The molecule has 0 bridgehead atoms. The van der Waals surface area contributed by atoms with Crippen molar-refractivity contribution in [3.05, 3.63) is 59.7 Å². The summed E-state index contributed by atoms with van der Waals surface area (Å²) in [4.78, 5) is 12.5. The SMILES string of the molecule is Cc1ccc(N(C)S(=O)(=O)c2cccc(C(=O)N[C@@H](C)C3CC3)c2)cc1. The van der Waals surface area contributed by atoms with E-state index in [0.717, 1.165) is 18.4 Å². The van der Waals surface area contributed by atoms with Crippen molar-refractivity contribution in [2.75, 3.05) is 11.4 Å². The quantitative estimate of drug-likeness (QED) is 0.846. The molecule has 0 aliphatic heterocycles. The van der Waals surface area contributed by atoms with Crippen molar-refractivity contribution in [1.29, 1.82) is 0 Å². The van der Waals surface area contributed by atoms with Gasteiger partial charge in [-0.1, -0.05) is 23.8 Å². The number of aryl methyl sites for hydroxylation is 1. The van der Waals surface area contributed by atoms with Crippen LogP contribution in [0.5, 0.6) is 0 Å². The maximum atomic E-state index is 12.9. The van der Waals surface area contributed by atoms with Crippen molar-refractivity contribution in [2.45, 2.75) is 37.6 Å². The summed E-state index contributed by atoms with van der Waals surface area (Å²) in [6.07, 6.45) is 2.27. The van der Waals surface area contributed by atoms with E-state index in [1.165, 1.54) is 23.5 Å². The number of sulfonamides is 1. The highest BCUT2D eigenvalue weighted by Crippen LogP contribution is 2.32. The molecule has 1 aliphatic rings. The number of hydrogen-bond acceptors (Lipinski definition) is 3. The Balaban J connectivity index is 1.83. The molecular formula is C20H24N2O3S. The molecule has 1 fully saturated rings. The summed E-state index contributed by atoms with van der Waals surface area (Å²) in [5, 5.41) is 2.96. The monoisotopic (exact) mass is 372 g/mol. The second-order valence-electron chi connectivity index (χ2n) is 6.94. The van der Waals surface area contributed by atoms with E-state index in [4.69, 9.17) is 0 Å². The molecule has 0 heterocycles. The molecule has 26 heavy (non-hydrogen) atoms. The van der Waals surface area contributed by atoms with Gasteiger partial charge in [-0.15, -0.1) is 0 Å². The molecule has 2 aromatic rings. The van der Waals surface area contributed by atoms with E-state index in [1.807, 2.05) is 26.0 Å². The first kappa shape index (κ1) is 18.5. The molecule has 2 aromatic carbocycles. The minimum absolute atomic E-state index is 0.104. The molecule has 0 unspecified atom stereocenters. The van der Waals surface area contributed by atoms with Gasteiger partial charge in [0, 0.05) is 18.7 Å². The van der Waals surface area contributed by atoms with Crippen LogP contribution in [0.1, 0.15) is 35.7 Å². The van der Waals surface area contributed by atoms with Gasteiger partial charge >= 0.3 is 0 Å². The summed E-state index contributed by atoms with van der Waals surface area (Å²) in [5.41, 5.74) is 1.99. The van der Waals surface area contributed by atoms with Gasteiger partial charge in [0.05, 0.1) is 10.6 Å². The van der Waals surface area contributed by atoms with Crippen molar-refractivity contribution < 1.29 is 13.2 Å². The number of anilines is 1. The lowest BCUT2D eigenvalue weighted by Crippen LogP contribution is -2.34. The number of nitrogens with zero attached hydrogens (tertiary/aromatic N) is 1. The van der Waals surface area contributed by atoms with E-state index < -0.39 is 10.0 Å². The van der Waals surface area contributed by atoms with Crippen LogP contribution < -0.4 is 9.62 Å². The first-order chi connectivity index (χ1) is 12.3. The van der Waals surface area contributed by atoms with Crippen molar-refractivity contribution >= 4 is 21.6 Å². The highest BCUT2D eigenvalue weighted by molar-refractivity contribution is 7.92. The Labute approximate surface area is 155 Å². The van der Waals surface area contributed by atoms with Gasteiger partial charge in [-0.05, 0) is 62.9 Å². The Morgan fingerprint density at radius 3 is 2.42 bits per heavy atom. The zero-order valence-electron chi connectivity index (χ0n) is 15.3. The predicted octanol–water partition coefficient (Wildman–Crippen LogP) is 3.35. The molecule has 6 heteroatoms. The zero-order valence-corrected chi connectivity index (χ0v) is 16.1. The lowest BCUT2D eigenvalue weighted by Gasteiger charge is -2.20. The summed E-state index contributed by atoms with van der Waals surface area (Å²) < 4.78 is 27.1. The molecule has 3 rings (SSSR count). The van der Waals surface area contributed by atoms with Crippen LogP contribution in [0.4, 0.5) is 5.69 Å². The number of rotatable bonds is 6. The van der Waals surface area contributed by atoms with Crippen LogP contribution in [-0.4, -0.2) is 27.4 Å². The number of nitrogens with one attached hydrogen (secondary N) is 1. The molecular weight excluding hydrogens is 348 g/mol. The average Bonchev–Trinajstić information content (AvgIpc) is 3.47. The largest absolute Gasteiger partial charge is 0.349 e. The fraction of sp³-hybridized carbons (Fsp3) is 0.350. The fourth-order valence-electron chi connectivity index (χ4n) is 2.85. The Bertz CT molecular complexity index is 903. The predicted molar refractivity (Wildman–Crippen MR) is 103 cm³/mol. The Morgan fingerprint density at radius 2 is 1.81 bits per heavy atom. The molecule has 1 saturated carbocycles. The van der Waals surface area contributed by atoms with Crippen LogP contribution in [0, 0.1) is 12.8 Å². The van der Waals surface area contributed by atoms with Gasteiger partial charge in [-0.25, -0.2) is 8.42 Å². The van der Waals surface area contributed by atoms with Gasteiger partial charge in [-0.2, -0.15) is 0 Å². The summed E-state index contributed by atoms with van der Waals surface area (Å²) in [7, 11) is -2.22. The minimum Gasteiger partial charge on any atom is -0.349 e. The summed E-state index contributed by atoms with van der Waals surface area (Å²) in [5.74, 6) is 0.304. The number of benzene rings is 2. The van der Waals surface area contributed by atoms with Gasteiger partial charge in [-0.3, -0.25) is 9.10 Å². The van der Waals surface area contributed by atoms with E-state index in [-0.39, 0.29) is 16.8 Å². The lowest BCUT2D eigenvalue weighted by molar-refractivity contribution is 0.0935.